The number of fused-ring (bicyclic) bond motifs is 3. The predicted octanol–water partition coefficient (Wildman–Crippen LogP) is 6.42. The molecule has 4 nitrogen and oxygen atoms in total. The molecule has 2 aromatic rings. The molecule has 0 amide bonds. The molecule has 2 bridgehead atoms. The lowest BCUT2D eigenvalue weighted by atomic mass is 9.62. The van der Waals surface area contributed by atoms with E-state index in [0.29, 0.717) is 11.3 Å². The van der Waals surface area contributed by atoms with Crippen LogP contribution in [-0.2, 0) is 26.3 Å². The molecule has 2 heterocycles. The molecule has 0 aromatic heterocycles. The maximum atomic E-state index is 11.7. The molecule has 0 radical (unpaired) electrons. The van der Waals surface area contributed by atoms with Crippen molar-refractivity contribution in [1.29, 1.82) is 0 Å². The van der Waals surface area contributed by atoms with Crippen LogP contribution in [0.1, 0.15) is 63.0 Å². The average Bonchev–Trinajstić information content (AvgIpc) is 3.64. The van der Waals surface area contributed by atoms with Crippen LogP contribution in [0, 0.1) is 17.3 Å². The lowest BCUT2D eigenvalue weighted by Gasteiger charge is -2.53. The molecule has 1 unspecified atom stereocenters. The molecule has 2 saturated heterocycles. The molecule has 0 spiro atoms. The van der Waals surface area contributed by atoms with Crippen molar-refractivity contribution >= 4 is 5.97 Å². The van der Waals surface area contributed by atoms with Gasteiger partial charge in [-0.3, -0.25) is 4.79 Å². The van der Waals surface area contributed by atoms with Gasteiger partial charge in [0.05, 0.1) is 25.2 Å². The third-order valence-electron chi connectivity index (χ3n) is 8.15. The van der Waals surface area contributed by atoms with Gasteiger partial charge in [-0.25, -0.2) is 0 Å². The first kappa shape index (κ1) is 21.5. The van der Waals surface area contributed by atoms with Crippen LogP contribution in [0.5, 0.6) is 11.5 Å². The highest BCUT2D eigenvalue weighted by atomic mass is 16.5. The first-order valence-corrected chi connectivity index (χ1v) is 12.1. The van der Waals surface area contributed by atoms with Crippen LogP contribution in [0.3, 0.4) is 0 Å². The minimum atomic E-state index is -0.180. The van der Waals surface area contributed by atoms with E-state index in [0.717, 1.165) is 56.6 Å². The highest BCUT2D eigenvalue weighted by Gasteiger charge is 2.52. The Hall–Kier alpha value is -2.33. The molecule has 2 aromatic carbocycles. The molecule has 2 aliphatic heterocycles. The quantitative estimate of drug-likeness (QED) is 0.450. The van der Waals surface area contributed by atoms with Gasteiger partial charge in [0.2, 0.25) is 0 Å². The fourth-order valence-corrected chi connectivity index (χ4v) is 5.76. The zero-order valence-electron chi connectivity index (χ0n) is 19.3. The van der Waals surface area contributed by atoms with Crippen molar-refractivity contribution in [2.24, 2.45) is 17.3 Å². The second-order valence-electron chi connectivity index (χ2n) is 10.1. The van der Waals surface area contributed by atoms with Gasteiger partial charge in [-0.2, -0.15) is 0 Å². The van der Waals surface area contributed by atoms with Crippen LogP contribution in [0.15, 0.2) is 48.5 Å². The molecule has 6 rings (SSSR count). The number of carbonyl (C=O) groups is 1. The maximum Gasteiger partial charge on any atom is 0.308 e. The summed E-state index contributed by atoms with van der Waals surface area (Å²) in [6.45, 7) is 2.98. The zero-order chi connectivity index (χ0) is 22.2. The van der Waals surface area contributed by atoms with Crippen molar-refractivity contribution in [2.45, 2.75) is 63.9 Å². The molecule has 4 aliphatic rings. The average molecular weight is 435 g/mol. The summed E-state index contributed by atoms with van der Waals surface area (Å²) in [5.41, 5.74) is 2.63. The fraction of sp³-hybridized carbons (Fsp3) is 0.536. The summed E-state index contributed by atoms with van der Waals surface area (Å²) >= 11 is 0. The number of methoxy groups -OCH3 is 1. The number of aryl methyl sites for hydroxylation is 1. The monoisotopic (exact) mass is 434 g/mol. The van der Waals surface area contributed by atoms with E-state index in [1.165, 1.54) is 31.1 Å². The largest absolute Gasteiger partial charge is 0.469 e. The Kier molecular flexibility index (Phi) is 5.75. The number of hydrogen-bond acceptors (Lipinski definition) is 4. The van der Waals surface area contributed by atoms with Gasteiger partial charge >= 0.3 is 5.97 Å². The van der Waals surface area contributed by atoms with Crippen LogP contribution in [-0.4, -0.2) is 19.7 Å². The van der Waals surface area contributed by atoms with Crippen molar-refractivity contribution in [3.8, 4) is 11.5 Å². The van der Waals surface area contributed by atoms with Crippen molar-refractivity contribution < 1.29 is 19.0 Å². The smallest absolute Gasteiger partial charge is 0.308 e. The van der Waals surface area contributed by atoms with E-state index in [4.69, 9.17) is 14.2 Å². The van der Waals surface area contributed by atoms with Crippen molar-refractivity contribution in [1.82, 2.24) is 0 Å². The van der Waals surface area contributed by atoms with E-state index in [-0.39, 0.29) is 17.5 Å². The zero-order valence-corrected chi connectivity index (χ0v) is 19.3. The normalized spacial score (nSPS) is 30.7. The second kappa shape index (κ2) is 8.55. The van der Waals surface area contributed by atoms with E-state index in [9.17, 15) is 4.79 Å². The van der Waals surface area contributed by atoms with Gasteiger partial charge < -0.3 is 14.2 Å². The third-order valence-corrected chi connectivity index (χ3v) is 8.15. The number of benzene rings is 2. The van der Waals surface area contributed by atoms with Crippen molar-refractivity contribution in [2.75, 3.05) is 13.7 Å². The van der Waals surface area contributed by atoms with Crippen LogP contribution >= 0.6 is 0 Å². The highest BCUT2D eigenvalue weighted by molar-refractivity contribution is 5.75. The van der Waals surface area contributed by atoms with Crippen LogP contribution < -0.4 is 4.74 Å². The van der Waals surface area contributed by atoms with Gasteiger partial charge in [0.25, 0.3) is 0 Å². The van der Waals surface area contributed by atoms with Gasteiger partial charge in [-0.1, -0.05) is 31.2 Å². The number of ether oxygens (including phenoxy) is 3. The molecule has 4 fully saturated rings. The summed E-state index contributed by atoms with van der Waals surface area (Å²) < 4.78 is 17.7. The molecule has 2 aliphatic carbocycles. The summed E-state index contributed by atoms with van der Waals surface area (Å²) in [5, 5.41) is 0. The molecular formula is C28H34O4. The maximum absolute atomic E-state index is 11.7. The molecule has 0 N–H and O–H groups in total. The molecular weight excluding hydrogens is 400 g/mol. The Bertz CT molecular complexity index is 956. The van der Waals surface area contributed by atoms with Gasteiger partial charge in [-0.15, -0.1) is 0 Å². The Morgan fingerprint density at radius 2 is 1.81 bits per heavy atom. The summed E-state index contributed by atoms with van der Waals surface area (Å²) in [7, 11) is 1.49. The Labute approximate surface area is 191 Å². The topological polar surface area (TPSA) is 44.8 Å². The minimum absolute atomic E-state index is 0.0291. The SMILES string of the molecule is CCc1cccc(Oc2cccc(C34CCC(CCC5C[C@H]5C(=O)OC)(CC3)CO4)c2)c1. The summed E-state index contributed by atoms with van der Waals surface area (Å²) in [4.78, 5) is 11.7. The Morgan fingerprint density at radius 3 is 2.50 bits per heavy atom. The number of rotatable bonds is 8. The van der Waals surface area contributed by atoms with Crippen molar-refractivity contribution in [3.05, 3.63) is 59.7 Å². The van der Waals surface area contributed by atoms with Crippen LogP contribution in [0.4, 0.5) is 0 Å². The van der Waals surface area contributed by atoms with Gasteiger partial charge in [0, 0.05) is 0 Å². The predicted molar refractivity (Wildman–Crippen MR) is 124 cm³/mol. The molecule has 32 heavy (non-hydrogen) atoms. The highest BCUT2D eigenvalue weighted by Crippen LogP contribution is 2.57. The summed E-state index contributed by atoms with van der Waals surface area (Å²) in [6, 6.07) is 16.8. The van der Waals surface area contributed by atoms with Crippen LogP contribution in [0.2, 0.25) is 0 Å². The fourth-order valence-electron chi connectivity index (χ4n) is 5.76. The van der Waals surface area contributed by atoms with Crippen molar-refractivity contribution in [3.63, 3.8) is 0 Å². The molecule has 170 valence electrons. The van der Waals surface area contributed by atoms with Gasteiger partial charge in [0.15, 0.2) is 0 Å². The second-order valence-corrected chi connectivity index (χ2v) is 10.1. The van der Waals surface area contributed by atoms with E-state index in [1.807, 2.05) is 12.1 Å². The lowest BCUT2D eigenvalue weighted by Crippen LogP contribution is -2.49. The summed E-state index contributed by atoms with van der Waals surface area (Å²) in [6.07, 6.45) is 8.81. The molecule has 2 atom stereocenters. The number of esters is 1. The Balaban J connectivity index is 1.22. The van der Waals surface area contributed by atoms with E-state index in [1.54, 1.807) is 0 Å². The number of hydrogen-bond donors (Lipinski definition) is 0. The minimum Gasteiger partial charge on any atom is -0.469 e. The van der Waals surface area contributed by atoms with E-state index >= 15 is 0 Å². The Morgan fingerprint density at radius 1 is 1.06 bits per heavy atom. The molecule has 4 heteroatoms. The van der Waals surface area contributed by atoms with Crippen LogP contribution in [0.25, 0.3) is 0 Å². The van der Waals surface area contributed by atoms with Gasteiger partial charge in [-0.05, 0) is 98.1 Å². The third kappa shape index (κ3) is 4.17. The first-order valence-electron chi connectivity index (χ1n) is 12.1. The first-order chi connectivity index (χ1) is 15.5. The van der Waals surface area contributed by atoms with E-state index < -0.39 is 0 Å². The number of carbonyl (C=O) groups excluding carboxylic acids is 1. The van der Waals surface area contributed by atoms with E-state index in [2.05, 4.69) is 43.3 Å². The summed E-state index contributed by atoms with van der Waals surface area (Å²) in [5.74, 6) is 2.39. The molecule has 2 saturated carbocycles. The lowest BCUT2D eigenvalue weighted by molar-refractivity contribution is -0.192. The standard InChI is InChI=1S/C28H34O4/c1-3-20-6-4-8-23(16-20)32-24-9-5-7-22(18-24)28-14-12-27(13-15-28,19-31-28)11-10-21-17-25(21)26(29)30-2/h4-9,16,18,21,25H,3,10-15,17,19H2,1-2H3/t21?,25-,27?,28?/m1/s1. The van der Waals surface area contributed by atoms with Gasteiger partial charge in [0.1, 0.15) is 11.5 Å².